The summed E-state index contributed by atoms with van der Waals surface area (Å²) in [5.74, 6) is 0.163. The molecule has 1 rings (SSSR count). The Balaban J connectivity index is 2.11. The van der Waals surface area contributed by atoms with E-state index in [0.717, 1.165) is 38.9 Å². The molecule has 1 amide bonds. The van der Waals surface area contributed by atoms with E-state index in [1.165, 1.54) is 0 Å². The normalized spacial score (nSPS) is 15.1. The minimum atomic E-state index is 0.163. The lowest BCUT2D eigenvalue weighted by atomic mass is 10.3. The van der Waals surface area contributed by atoms with Gasteiger partial charge >= 0.3 is 0 Å². The molecule has 0 bridgehead atoms. The fourth-order valence-corrected chi connectivity index (χ4v) is 1.57. The third kappa shape index (κ3) is 6.02. The fourth-order valence-electron chi connectivity index (χ4n) is 1.48. The molecule has 5 heteroatoms. The van der Waals surface area contributed by atoms with Crippen molar-refractivity contribution in [2.24, 2.45) is 5.73 Å². The molecule has 1 aliphatic rings. The molecule has 0 unspecified atom stereocenters. The molecular formula is C11H21N3OS. The van der Waals surface area contributed by atoms with Crippen molar-refractivity contribution in [2.75, 3.05) is 19.6 Å². The Labute approximate surface area is 103 Å². The number of carbonyl (C=O) groups excluding carboxylic acids is 1. The van der Waals surface area contributed by atoms with Crippen molar-refractivity contribution in [2.45, 2.75) is 38.6 Å². The Morgan fingerprint density at radius 1 is 1.44 bits per heavy atom. The Morgan fingerprint density at radius 3 is 2.56 bits per heavy atom. The molecule has 16 heavy (non-hydrogen) atoms. The number of nitrogens with two attached hydrogens (primary N) is 1. The van der Waals surface area contributed by atoms with Crippen LogP contribution in [-0.2, 0) is 4.79 Å². The second-order valence-corrected chi connectivity index (χ2v) is 4.77. The zero-order chi connectivity index (χ0) is 12.0. The lowest BCUT2D eigenvalue weighted by molar-refractivity contribution is -0.121. The van der Waals surface area contributed by atoms with Crippen LogP contribution in [0.2, 0.25) is 0 Å². The van der Waals surface area contributed by atoms with E-state index in [1.807, 2.05) is 0 Å². The molecule has 92 valence electrons. The minimum Gasteiger partial charge on any atom is -0.393 e. The van der Waals surface area contributed by atoms with Crippen LogP contribution in [0, 0.1) is 0 Å². The Hall–Kier alpha value is -0.680. The van der Waals surface area contributed by atoms with Crippen LogP contribution in [0.4, 0.5) is 0 Å². The summed E-state index contributed by atoms with van der Waals surface area (Å²) in [5, 5.41) is 2.98. The predicted molar refractivity (Wildman–Crippen MR) is 69.3 cm³/mol. The first-order valence-corrected chi connectivity index (χ1v) is 6.32. The summed E-state index contributed by atoms with van der Waals surface area (Å²) in [4.78, 5) is 14.2. The molecule has 0 spiro atoms. The molecule has 0 atom stereocenters. The SMILES string of the molecule is CCN(CCC(=O)NC1CC1)CCC(N)=S. The molecule has 0 aliphatic heterocycles. The maximum absolute atomic E-state index is 11.5. The third-order valence-corrected chi connectivity index (χ3v) is 2.92. The third-order valence-electron chi connectivity index (χ3n) is 2.72. The molecule has 1 fully saturated rings. The van der Waals surface area contributed by atoms with Gasteiger partial charge in [0.05, 0.1) is 4.99 Å². The van der Waals surface area contributed by atoms with E-state index in [1.54, 1.807) is 0 Å². The molecule has 0 aromatic rings. The Morgan fingerprint density at radius 2 is 2.06 bits per heavy atom. The molecule has 0 saturated heterocycles. The zero-order valence-electron chi connectivity index (χ0n) is 9.87. The summed E-state index contributed by atoms with van der Waals surface area (Å²) in [6.45, 7) is 4.65. The molecule has 4 nitrogen and oxygen atoms in total. The van der Waals surface area contributed by atoms with Crippen LogP contribution in [0.3, 0.4) is 0 Å². The van der Waals surface area contributed by atoms with Crippen molar-refractivity contribution in [3.05, 3.63) is 0 Å². The van der Waals surface area contributed by atoms with E-state index >= 15 is 0 Å². The molecule has 3 N–H and O–H groups in total. The second kappa shape index (κ2) is 6.81. The average Bonchev–Trinajstić information content (AvgIpc) is 3.01. The highest BCUT2D eigenvalue weighted by Gasteiger charge is 2.23. The summed E-state index contributed by atoms with van der Waals surface area (Å²) >= 11 is 4.83. The van der Waals surface area contributed by atoms with Gasteiger partial charge in [-0.15, -0.1) is 0 Å². The number of hydrogen-bond acceptors (Lipinski definition) is 3. The smallest absolute Gasteiger partial charge is 0.221 e. The van der Waals surface area contributed by atoms with Crippen molar-refractivity contribution in [3.63, 3.8) is 0 Å². The van der Waals surface area contributed by atoms with E-state index in [0.29, 0.717) is 17.5 Å². The fraction of sp³-hybridized carbons (Fsp3) is 0.818. The highest BCUT2D eigenvalue weighted by molar-refractivity contribution is 7.80. The summed E-state index contributed by atoms with van der Waals surface area (Å²) in [6.07, 6.45) is 3.59. The molecule has 1 aliphatic carbocycles. The lowest BCUT2D eigenvalue weighted by Gasteiger charge is -2.19. The zero-order valence-corrected chi connectivity index (χ0v) is 10.7. The second-order valence-electron chi connectivity index (χ2n) is 4.24. The molecule has 0 aromatic heterocycles. The average molecular weight is 243 g/mol. The number of hydrogen-bond donors (Lipinski definition) is 2. The molecule has 0 aromatic carbocycles. The Kier molecular flexibility index (Phi) is 5.69. The van der Waals surface area contributed by atoms with Gasteiger partial charge in [0.15, 0.2) is 0 Å². The van der Waals surface area contributed by atoms with Crippen molar-refractivity contribution < 1.29 is 4.79 Å². The summed E-state index contributed by atoms with van der Waals surface area (Å²) in [6, 6.07) is 0.458. The number of nitrogens with one attached hydrogen (secondary N) is 1. The van der Waals surface area contributed by atoms with Crippen LogP contribution in [0.25, 0.3) is 0 Å². The quantitative estimate of drug-likeness (QED) is 0.615. The van der Waals surface area contributed by atoms with Gasteiger partial charge in [0.2, 0.25) is 5.91 Å². The van der Waals surface area contributed by atoms with Crippen molar-refractivity contribution in [1.82, 2.24) is 10.2 Å². The topological polar surface area (TPSA) is 58.4 Å². The van der Waals surface area contributed by atoms with E-state index in [-0.39, 0.29) is 5.91 Å². The number of nitrogens with zero attached hydrogens (tertiary/aromatic N) is 1. The monoisotopic (exact) mass is 243 g/mol. The van der Waals surface area contributed by atoms with Gasteiger partial charge in [0.25, 0.3) is 0 Å². The van der Waals surface area contributed by atoms with E-state index in [2.05, 4.69) is 17.1 Å². The van der Waals surface area contributed by atoms with Gasteiger partial charge in [0.1, 0.15) is 0 Å². The highest BCUT2D eigenvalue weighted by atomic mass is 32.1. The van der Waals surface area contributed by atoms with Gasteiger partial charge < -0.3 is 16.0 Å². The number of amides is 1. The number of rotatable bonds is 8. The maximum atomic E-state index is 11.5. The molecule has 1 saturated carbocycles. The van der Waals surface area contributed by atoms with Crippen molar-refractivity contribution >= 4 is 23.1 Å². The molecule has 0 radical (unpaired) electrons. The van der Waals surface area contributed by atoms with Crippen LogP contribution < -0.4 is 11.1 Å². The first-order chi connectivity index (χ1) is 7.61. The minimum absolute atomic E-state index is 0.163. The first-order valence-electron chi connectivity index (χ1n) is 5.91. The number of thiocarbonyl (C=S) groups is 1. The predicted octanol–water partition coefficient (Wildman–Crippen LogP) is 0.653. The van der Waals surface area contributed by atoms with Gasteiger partial charge in [0, 0.05) is 32.0 Å². The van der Waals surface area contributed by atoms with E-state index in [4.69, 9.17) is 18.0 Å². The van der Waals surface area contributed by atoms with Crippen LogP contribution >= 0.6 is 12.2 Å². The van der Waals surface area contributed by atoms with E-state index in [9.17, 15) is 4.79 Å². The molecular weight excluding hydrogens is 222 g/mol. The van der Waals surface area contributed by atoms with Gasteiger partial charge in [-0.25, -0.2) is 0 Å². The Bertz CT molecular complexity index is 254. The summed E-state index contributed by atoms with van der Waals surface area (Å²) in [7, 11) is 0. The van der Waals surface area contributed by atoms with Crippen LogP contribution in [-0.4, -0.2) is 41.5 Å². The first kappa shape index (κ1) is 13.4. The van der Waals surface area contributed by atoms with Crippen LogP contribution in [0.15, 0.2) is 0 Å². The van der Waals surface area contributed by atoms with Crippen molar-refractivity contribution in [3.8, 4) is 0 Å². The van der Waals surface area contributed by atoms with Crippen LogP contribution in [0.1, 0.15) is 32.6 Å². The lowest BCUT2D eigenvalue weighted by Crippen LogP contribution is -2.33. The van der Waals surface area contributed by atoms with E-state index < -0.39 is 0 Å². The standard InChI is InChI=1S/C11H21N3OS/c1-2-14(7-5-10(12)16)8-6-11(15)13-9-3-4-9/h9H,2-8H2,1H3,(H2,12,16)(H,13,15). The highest BCUT2D eigenvalue weighted by Crippen LogP contribution is 2.18. The largest absolute Gasteiger partial charge is 0.393 e. The van der Waals surface area contributed by atoms with Crippen LogP contribution in [0.5, 0.6) is 0 Å². The van der Waals surface area contributed by atoms with Gasteiger partial charge in [-0.05, 0) is 19.4 Å². The van der Waals surface area contributed by atoms with Gasteiger partial charge in [-0.2, -0.15) is 0 Å². The molecule has 0 heterocycles. The summed E-state index contributed by atoms with van der Waals surface area (Å²) in [5.41, 5.74) is 5.45. The number of carbonyl (C=O) groups is 1. The van der Waals surface area contributed by atoms with Crippen molar-refractivity contribution in [1.29, 1.82) is 0 Å². The van der Waals surface area contributed by atoms with Gasteiger partial charge in [-0.1, -0.05) is 19.1 Å². The van der Waals surface area contributed by atoms with Gasteiger partial charge in [-0.3, -0.25) is 4.79 Å². The summed E-state index contributed by atoms with van der Waals surface area (Å²) < 4.78 is 0. The maximum Gasteiger partial charge on any atom is 0.221 e.